The number of rotatable bonds is 4. The second-order valence-electron chi connectivity index (χ2n) is 8.09. The highest BCUT2D eigenvalue weighted by molar-refractivity contribution is 5.76. The van der Waals surface area contributed by atoms with Crippen LogP contribution in [0, 0.1) is 11.8 Å². The highest BCUT2D eigenvalue weighted by Gasteiger charge is 2.38. The van der Waals surface area contributed by atoms with Gasteiger partial charge in [0, 0.05) is 24.7 Å². The van der Waals surface area contributed by atoms with Crippen LogP contribution in [-0.2, 0) is 12.8 Å². The molecule has 3 nitrogen and oxygen atoms in total. The lowest BCUT2D eigenvalue weighted by molar-refractivity contribution is -0.556. The van der Waals surface area contributed by atoms with Crippen LogP contribution in [0.25, 0.3) is 0 Å². The Labute approximate surface area is 157 Å². The Morgan fingerprint density at radius 2 is 1.15 bits per heavy atom. The van der Waals surface area contributed by atoms with E-state index >= 15 is 0 Å². The summed E-state index contributed by atoms with van der Waals surface area (Å²) in [4.78, 5) is 0. The SMILES string of the molecule is C[C@H]1C[N+]2=C(N[C@@H]1Cc1ccccc1)N[C@H](Cc1ccccc1)[C@@H](C)C2. The highest BCUT2D eigenvalue weighted by atomic mass is 15.3. The van der Waals surface area contributed by atoms with Crippen LogP contribution in [0.3, 0.4) is 0 Å². The molecule has 26 heavy (non-hydrogen) atoms. The number of guanidine groups is 1. The average Bonchev–Trinajstić information content (AvgIpc) is 2.65. The summed E-state index contributed by atoms with van der Waals surface area (Å²) < 4.78 is 2.51. The molecule has 0 radical (unpaired) electrons. The zero-order valence-electron chi connectivity index (χ0n) is 15.9. The van der Waals surface area contributed by atoms with Crippen molar-refractivity contribution in [1.29, 1.82) is 0 Å². The molecule has 136 valence electrons. The molecular weight excluding hydrogens is 318 g/mol. The lowest BCUT2D eigenvalue weighted by Gasteiger charge is -2.37. The Kier molecular flexibility index (Phi) is 4.96. The van der Waals surface area contributed by atoms with E-state index in [0.717, 1.165) is 25.9 Å². The molecular formula is C23H30N3+. The zero-order chi connectivity index (χ0) is 17.9. The Morgan fingerprint density at radius 1 is 0.731 bits per heavy atom. The van der Waals surface area contributed by atoms with Crippen LogP contribution in [0.2, 0.25) is 0 Å². The number of hydrogen-bond donors (Lipinski definition) is 2. The van der Waals surface area contributed by atoms with Gasteiger partial charge < -0.3 is 0 Å². The van der Waals surface area contributed by atoms with Crippen LogP contribution < -0.4 is 10.6 Å². The van der Waals surface area contributed by atoms with E-state index in [0.29, 0.717) is 23.9 Å². The fraction of sp³-hybridized carbons (Fsp3) is 0.435. The van der Waals surface area contributed by atoms with Crippen molar-refractivity contribution in [2.75, 3.05) is 13.1 Å². The molecule has 0 bridgehead atoms. The Hall–Kier alpha value is -2.29. The van der Waals surface area contributed by atoms with Crippen LogP contribution in [0.4, 0.5) is 0 Å². The lowest BCUT2D eigenvalue weighted by Crippen LogP contribution is -2.64. The molecule has 0 amide bonds. The number of hydrogen-bond acceptors (Lipinski definition) is 2. The molecule has 4 atom stereocenters. The first-order valence-corrected chi connectivity index (χ1v) is 9.92. The summed E-state index contributed by atoms with van der Waals surface area (Å²) in [5, 5.41) is 7.64. The zero-order valence-corrected chi connectivity index (χ0v) is 15.9. The topological polar surface area (TPSA) is 27.1 Å². The van der Waals surface area contributed by atoms with E-state index in [1.807, 2.05) is 0 Å². The molecule has 3 heteroatoms. The Morgan fingerprint density at radius 3 is 1.58 bits per heavy atom. The second-order valence-corrected chi connectivity index (χ2v) is 8.09. The maximum absolute atomic E-state index is 3.82. The van der Waals surface area contributed by atoms with Crippen molar-refractivity contribution in [3.8, 4) is 0 Å². The van der Waals surface area contributed by atoms with Gasteiger partial charge in [0.25, 0.3) is 0 Å². The van der Waals surface area contributed by atoms with Gasteiger partial charge in [0.2, 0.25) is 0 Å². The second kappa shape index (κ2) is 7.53. The highest BCUT2D eigenvalue weighted by Crippen LogP contribution is 2.20. The average molecular weight is 349 g/mol. The van der Waals surface area contributed by atoms with Gasteiger partial charge in [-0.3, -0.25) is 15.2 Å². The van der Waals surface area contributed by atoms with Gasteiger partial charge in [-0.15, -0.1) is 0 Å². The molecule has 0 saturated heterocycles. The van der Waals surface area contributed by atoms with Crippen LogP contribution in [0.15, 0.2) is 60.7 Å². The smallest absolute Gasteiger partial charge is 0.274 e. The summed E-state index contributed by atoms with van der Waals surface area (Å²) in [6, 6.07) is 22.7. The predicted molar refractivity (Wildman–Crippen MR) is 107 cm³/mol. The number of nitrogens with zero attached hydrogens (tertiary/aromatic N) is 1. The van der Waals surface area contributed by atoms with Gasteiger partial charge in [-0.25, -0.2) is 0 Å². The summed E-state index contributed by atoms with van der Waals surface area (Å²) in [7, 11) is 0. The van der Waals surface area contributed by atoms with Crippen LogP contribution in [0.1, 0.15) is 25.0 Å². The van der Waals surface area contributed by atoms with Crippen molar-refractivity contribution in [2.45, 2.75) is 38.8 Å². The first-order valence-electron chi connectivity index (χ1n) is 9.92. The summed E-state index contributed by atoms with van der Waals surface area (Å²) in [6.07, 6.45) is 2.17. The molecule has 2 aliphatic heterocycles. The van der Waals surface area contributed by atoms with Crippen LogP contribution in [0.5, 0.6) is 0 Å². The first-order chi connectivity index (χ1) is 12.7. The molecule has 2 aliphatic rings. The molecule has 0 fully saturated rings. The molecule has 0 aromatic heterocycles. The number of benzene rings is 2. The quantitative estimate of drug-likeness (QED) is 0.831. The molecule has 0 unspecified atom stereocenters. The third-order valence-corrected chi connectivity index (χ3v) is 5.95. The monoisotopic (exact) mass is 348 g/mol. The van der Waals surface area contributed by atoms with Gasteiger partial charge in [0.05, 0.1) is 25.2 Å². The molecule has 0 saturated carbocycles. The van der Waals surface area contributed by atoms with E-state index in [1.165, 1.54) is 17.1 Å². The van der Waals surface area contributed by atoms with Crippen molar-refractivity contribution >= 4 is 5.96 Å². The Bertz CT molecular complexity index is 690. The molecule has 0 spiro atoms. The van der Waals surface area contributed by atoms with E-state index in [4.69, 9.17) is 0 Å². The summed E-state index contributed by atoms with van der Waals surface area (Å²) >= 11 is 0. The van der Waals surface area contributed by atoms with Crippen molar-refractivity contribution in [1.82, 2.24) is 10.6 Å². The molecule has 0 aliphatic carbocycles. The van der Waals surface area contributed by atoms with Gasteiger partial charge >= 0.3 is 5.96 Å². The van der Waals surface area contributed by atoms with Gasteiger partial charge in [-0.05, 0) is 11.1 Å². The third kappa shape index (κ3) is 3.77. The largest absolute Gasteiger partial charge is 0.346 e. The predicted octanol–water partition coefficient (Wildman–Crippen LogP) is 3.06. The normalized spacial score (nSPS) is 28.1. The first kappa shape index (κ1) is 17.1. The van der Waals surface area contributed by atoms with Crippen molar-refractivity contribution in [3.63, 3.8) is 0 Å². The molecule has 2 N–H and O–H groups in total. The standard InChI is InChI=1S/C23H29N3/c1-17-15-26-16-18(2)22(14-20-11-7-4-8-12-20)25-23(26)24-21(17)13-19-9-5-3-6-10-19/h3-12,17-18,21-22H,13-16H2,1-2H3,(H,24,25)/p+1/t17-,18-,21+,22+/m0/s1. The summed E-state index contributed by atoms with van der Waals surface area (Å²) in [5.74, 6) is 2.51. The van der Waals surface area contributed by atoms with Crippen molar-refractivity contribution in [2.24, 2.45) is 11.8 Å². The van der Waals surface area contributed by atoms with Gasteiger partial charge in [0.1, 0.15) is 0 Å². The van der Waals surface area contributed by atoms with Crippen molar-refractivity contribution in [3.05, 3.63) is 71.8 Å². The lowest BCUT2D eigenvalue weighted by atomic mass is 9.90. The van der Waals surface area contributed by atoms with E-state index in [-0.39, 0.29) is 0 Å². The van der Waals surface area contributed by atoms with Gasteiger partial charge in [0.15, 0.2) is 0 Å². The summed E-state index contributed by atoms with van der Waals surface area (Å²) in [5.41, 5.74) is 2.83. The van der Waals surface area contributed by atoms with Gasteiger partial charge in [-0.1, -0.05) is 74.5 Å². The molecule has 2 heterocycles. The van der Waals surface area contributed by atoms with Crippen LogP contribution in [-0.4, -0.2) is 35.7 Å². The summed E-state index contributed by atoms with van der Waals surface area (Å²) in [6.45, 7) is 7.01. The Balaban J connectivity index is 1.46. The molecule has 2 aromatic rings. The van der Waals surface area contributed by atoms with Crippen molar-refractivity contribution < 1.29 is 4.58 Å². The fourth-order valence-electron chi connectivity index (χ4n) is 4.31. The number of nitrogens with one attached hydrogen (secondary N) is 2. The minimum Gasteiger partial charge on any atom is -0.274 e. The van der Waals surface area contributed by atoms with Gasteiger partial charge in [-0.2, -0.15) is 0 Å². The maximum Gasteiger partial charge on any atom is 0.346 e. The van der Waals surface area contributed by atoms with Crippen LogP contribution >= 0.6 is 0 Å². The van der Waals surface area contributed by atoms with E-state index in [1.54, 1.807) is 0 Å². The fourth-order valence-corrected chi connectivity index (χ4v) is 4.31. The third-order valence-electron chi connectivity index (χ3n) is 5.95. The van der Waals surface area contributed by atoms with E-state index < -0.39 is 0 Å². The minimum absolute atomic E-state index is 0.488. The molecule has 4 rings (SSSR count). The maximum atomic E-state index is 3.82. The van der Waals surface area contributed by atoms with E-state index in [2.05, 4.69) is 89.7 Å². The minimum atomic E-state index is 0.488. The molecule has 2 aromatic carbocycles. The van der Waals surface area contributed by atoms with E-state index in [9.17, 15) is 0 Å².